The Morgan fingerprint density at radius 2 is 1.86 bits per heavy atom. The van der Waals surface area contributed by atoms with Gasteiger partial charge >= 0.3 is 0 Å². The van der Waals surface area contributed by atoms with Gasteiger partial charge in [0, 0.05) is 24.5 Å². The van der Waals surface area contributed by atoms with E-state index in [1.165, 1.54) is 4.90 Å². The molecule has 4 rings (SSSR count). The number of nitrogens with zero attached hydrogens (tertiary/aromatic N) is 2. The van der Waals surface area contributed by atoms with Gasteiger partial charge in [-0.15, -0.1) is 0 Å². The second-order valence-electron chi connectivity index (χ2n) is 8.88. The highest BCUT2D eigenvalue weighted by molar-refractivity contribution is 6.46. The summed E-state index contributed by atoms with van der Waals surface area (Å²) in [6.45, 7) is 6.76. The normalized spacial score (nSPS) is 17.1. The fourth-order valence-electron chi connectivity index (χ4n) is 4.30. The van der Waals surface area contributed by atoms with E-state index in [1.807, 2.05) is 50.2 Å². The first-order chi connectivity index (χ1) is 16.9. The first-order valence-electron chi connectivity index (χ1n) is 11.9. The zero-order valence-corrected chi connectivity index (χ0v) is 20.3. The Morgan fingerprint density at radius 3 is 2.51 bits per heavy atom. The molecule has 0 aliphatic carbocycles. The molecule has 0 unspecified atom stereocenters. The van der Waals surface area contributed by atoms with E-state index in [9.17, 15) is 14.7 Å². The molecule has 3 aromatic rings. The zero-order chi connectivity index (χ0) is 24.9. The lowest BCUT2D eigenvalue weighted by Crippen LogP contribution is -2.29. The molecule has 0 bridgehead atoms. The van der Waals surface area contributed by atoms with E-state index in [4.69, 9.17) is 4.74 Å². The average Bonchev–Trinajstić information content (AvgIpc) is 3.10. The van der Waals surface area contributed by atoms with Gasteiger partial charge in [0.05, 0.1) is 18.2 Å². The molecule has 0 saturated carbocycles. The van der Waals surface area contributed by atoms with E-state index in [2.05, 4.69) is 11.9 Å². The summed E-state index contributed by atoms with van der Waals surface area (Å²) in [7, 11) is 0. The van der Waals surface area contributed by atoms with Crippen LogP contribution in [0.25, 0.3) is 5.76 Å². The van der Waals surface area contributed by atoms with Crippen LogP contribution >= 0.6 is 0 Å². The summed E-state index contributed by atoms with van der Waals surface area (Å²) in [5.41, 5.74) is 3.98. The molecule has 1 amide bonds. The number of aliphatic hydroxyl groups is 1. The monoisotopic (exact) mass is 470 g/mol. The molecule has 6 nitrogen and oxygen atoms in total. The third-order valence-electron chi connectivity index (χ3n) is 6.23. The molecule has 1 aliphatic rings. The number of likely N-dealkylation sites (tertiary alicyclic amines) is 1. The summed E-state index contributed by atoms with van der Waals surface area (Å²) in [6.07, 6.45) is 5.33. The first kappa shape index (κ1) is 24.2. The Balaban J connectivity index is 1.78. The maximum Gasteiger partial charge on any atom is 0.295 e. The fourth-order valence-corrected chi connectivity index (χ4v) is 4.30. The number of aryl methyl sites for hydroxylation is 2. The van der Waals surface area contributed by atoms with Gasteiger partial charge in [-0.3, -0.25) is 14.6 Å². The molecule has 1 aliphatic heterocycles. The van der Waals surface area contributed by atoms with Crippen molar-refractivity contribution in [3.8, 4) is 5.75 Å². The molecule has 35 heavy (non-hydrogen) atoms. The molecular weight excluding hydrogens is 440 g/mol. The largest absolute Gasteiger partial charge is 0.507 e. The first-order valence-corrected chi connectivity index (χ1v) is 11.9. The maximum absolute atomic E-state index is 13.3. The smallest absolute Gasteiger partial charge is 0.295 e. The second kappa shape index (κ2) is 10.6. The summed E-state index contributed by atoms with van der Waals surface area (Å²) in [4.78, 5) is 32.1. The van der Waals surface area contributed by atoms with Crippen LogP contribution in [0.2, 0.25) is 0 Å². The molecule has 2 aromatic carbocycles. The highest BCUT2D eigenvalue weighted by Gasteiger charge is 2.46. The van der Waals surface area contributed by atoms with E-state index < -0.39 is 17.7 Å². The predicted molar refractivity (Wildman–Crippen MR) is 135 cm³/mol. The molecule has 0 radical (unpaired) electrons. The molecule has 6 heteroatoms. The number of benzene rings is 2. The van der Waals surface area contributed by atoms with Crippen LogP contribution < -0.4 is 4.74 Å². The van der Waals surface area contributed by atoms with Gasteiger partial charge in [-0.2, -0.15) is 0 Å². The third kappa shape index (κ3) is 5.11. The predicted octanol–water partition coefficient (Wildman–Crippen LogP) is 5.50. The number of carbonyl (C=O) groups excluding carboxylic acids is 2. The van der Waals surface area contributed by atoms with E-state index in [0.717, 1.165) is 35.1 Å². The second-order valence-corrected chi connectivity index (χ2v) is 8.88. The highest BCUT2D eigenvalue weighted by atomic mass is 16.5. The standard InChI is InChI=1S/C29H30N2O4/c1-4-5-15-35-23-12-13-24(20(3)16-23)27(32)25-26(22-10-8-19(2)9-11-22)31(29(34)28(25)33)18-21-7-6-14-30-17-21/h6-14,16-17,26,32H,4-5,15,18H2,1-3H3/t26-/m0/s1. The molecule has 1 saturated heterocycles. The number of aromatic nitrogens is 1. The van der Waals surface area contributed by atoms with Crippen LogP contribution in [0.1, 0.15) is 53.6 Å². The van der Waals surface area contributed by atoms with E-state index in [1.54, 1.807) is 30.6 Å². The van der Waals surface area contributed by atoms with Crippen molar-refractivity contribution in [2.24, 2.45) is 0 Å². The summed E-state index contributed by atoms with van der Waals surface area (Å²) < 4.78 is 5.78. The summed E-state index contributed by atoms with van der Waals surface area (Å²) in [5.74, 6) is -0.808. The summed E-state index contributed by atoms with van der Waals surface area (Å²) in [5, 5.41) is 11.4. The van der Waals surface area contributed by atoms with Crippen molar-refractivity contribution in [3.63, 3.8) is 0 Å². The van der Waals surface area contributed by atoms with Crippen LogP contribution in [0.3, 0.4) is 0 Å². The minimum Gasteiger partial charge on any atom is -0.507 e. The molecule has 2 heterocycles. The Kier molecular flexibility index (Phi) is 7.30. The minimum absolute atomic E-state index is 0.0884. The Labute approximate surface area is 205 Å². The van der Waals surface area contributed by atoms with Crippen molar-refractivity contribution in [1.29, 1.82) is 0 Å². The number of hydrogen-bond acceptors (Lipinski definition) is 5. The summed E-state index contributed by atoms with van der Waals surface area (Å²) in [6, 6.07) is 16.0. The van der Waals surface area contributed by atoms with Gasteiger partial charge in [0.15, 0.2) is 0 Å². The Bertz CT molecular complexity index is 1250. The van der Waals surface area contributed by atoms with Gasteiger partial charge in [0.25, 0.3) is 11.7 Å². The van der Waals surface area contributed by atoms with Crippen molar-refractivity contribution >= 4 is 17.4 Å². The molecule has 1 fully saturated rings. The van der Waals surface area contributed by atoms with Gasteiger partial charge in [0.2, 0.25) is 0 Å². The van der Waals surface area contributed by atoms with E-state index in [-0.39, 0.29) is 17.9 Å². The third-order valence-corrected chi connectivity index (χ3v) is 6.23. The average molecular weight is 471 g/mol. The number of Topliss-reactive ketones (excluding diaryl/α,β-unsaturated/α-hetero) is 1. The Hall–Kier alpha value is -3.93. The minimum atomic E-state index is -0.712. The number of pyridine rings is 1. The Morgan fingerprint density at radius 1 is 1.09 bits per heavy atom. The number of aliphatic hydroxyl groups excluding tert-OH is 1. The topological polar surface area (TPSA) is 79.7 Å². The number of ketones is 1. The lowest BCUT2D eigenvalue weighted by molar-refractivity contribution is -0.140. The van der Waals surface area contributed by atoms with Gasteiger partial charge in [-0.1, -0.05) is 49.2 Å². The number of ether oxygens (including phenoxy) is 1. The molecule has 1 aromatic heterocycles. The quantitative estimate of drug-likeness (QED) is 0.204. The molecule has 0 spiro atoms. The lowest BCUT2D eigenvalue weighted by Gasteiger charge is -2.25. The van der Waals surface area contributed by atoms with Crippen molar-refractivity contribution in [2.75, 3.05) is 6.61 Å². The van der Waals surface area contributed by atoms with Crippen LogP contribution in [-0.2, 0) is 16.1 Å². The van der Waals surface area contributed by atoms with Gasteiger partial charge in [0.1, 0.15) is 11.5 Å². The van der Waals surface area contributed by atoms with Crippen LogP contribution in [0.4, 0.5) is 0 Å². The van der Waals surface area contributed by atoms with Gasteiger partial charge in [-0.05, 0) is 61.2 Å². The molecular formula is C29H30N2O4. The number of hydrogen-bond donors (Lipinski definition) is 1. The highest BCUT2D eigenvalue weighted by Crippen LogP contribution is 2.41. The van der Waals surface area contributed by atoms with E-state index >= 15 is 0 Å². The van der Waals surface area contributed by atoms with Crippen molar-refractivity contribution in [3.05, 3.63) is 100 Å². The fraction of sp³-hybridized carbons (Fsp3) is 0.276. The van der Waals surface area contributed by atoms with Crippen molar-refractivity contribution in [2.45, 2.75) is 46.2 Å². The number of unbranched alkanes of at least 4 members (excludes halogenated alkanes) is 1. The SMILES string of the molecule is CCCCOc1ccc(C(O)=C2C(=O)C(=O)N(Cc3cccnc3)[C@H]2c2ccc(C)cc2)c(C)c1. The number of amides is 1. The molecule has 180 valence electrons. The number of rotatable bonds is 8. The number of carbonyl (C=O) groups is 2. The van der Waals surface area contributed by atoms with Gasteiger partial charge < -0.3 is 14.7 Å². The van der Waals surface area contributed by atoms with Crippen LogP contribution in [0.15, 0.2) is 72.6 Å². The maximum atomic E-state index is 13.3. The van der Waals surface area contributed by atoms with Crippen LogP contribution in [0.5, 0.6) is 5.75 Å². The van der Waals surface area contributed by atoms with E-state index in [0.29, 0.717) is 17.9 Å². The van der Waals surface area contributed by atoms with Crippen LogP contribution in [0, 0.1) is 13.8 Å². The van der Waals surface area contributed by atoms with Crippen LogP contribution in [-0.4, -0.2) is 33.3 Å². The molecule has 1 N–H and O–H groups in total. The molecule has 1 atom stereocenters. The lowest BCUT2D eigenvalue weighted by atomic mass is 9.93. The van der Waals surface area contributed by atoms with Gasteiger partial charge in [-0.25, -0.2) is 0 Å². The van der Waals surface area contributed by atoms with Crippen molar-refractivity contribution in [1.82, 2.24) is 9.88 Å². The van der Waals surface area contributed by atoms with Crippen molar-refractivity contribution < 1.29 is 19.4 Å². The zero-order valence-electron chi connectivity index (χ0n) is 20.3. The summed E-state index contributed by atoms with van der Waals surface area (Å²) >= 11 is 0.